The zero-order valence-electron chi connectivity index (χ0n) is 26.2. The van der Waals surface area contributed by atoms with Crippen LogP contribution < -0.4 is 5.32 Å². The van der Waals surface area contributed by atoms with Crippen LogP contribution in [0, 0.1) is 5.92 Å². The largest absolute Gasteiger partial charge is 0.469 e. The lowest BCUT2D eigenvalue weighted by Gasteiger charge is -2.32. The van der Waals surface area contributed by atoms with Crippen molar-refractivity contribution in [3.8, 4) is 0 Å². The molecule has 1 aliphatic carbocycles. The number of carbonyl (C=O) groups excluding carboxylic acids is 3. The minimum absolute atomic E-state index is 0.0595. The van der Waals surface area contributed by atoms with Crippen molar-refractivity contribution < 1.29 is 23.9 Å². The van der Waals surface area contributed by atoms with Gasteiger partial charge in [0, 0.05) is 17.6 Å². The standard InChI is InChI=1S/C26H29NO.C10H18O4/c1-18(25-12-6-8-22-7-3-4-11-26(22)25)27-24-10-5-9-23(17-24)21-15-13-20(14-16-21)19(2)28;1-7(9(12)13-5)6-8(11)14-10(2,3)4/h3-4,6-8,11-16,18,23-24,27H,5,9-10,17H2,1-2H3;7H,6H2,1-5H3/t18?,23-,24?;/m0./s1. The van der Waals surface area contributed by atoms with E-state index in [0.717, 1.165) is 12.0 Å². The van der Waals surface area contributed by atoms with E-state index >= 15 is 0 Å². The molecule has 4 atom stereocenters. The van der Waals surface area contributed by atoms with Crippen molar-refractivity contribution in [2.24, 2.45) is 5.92 Å². The van der Waals surface area contributed by atoms with Crippen LogP contribution in [0.25, 0.3) is 10.8 Å². The van der Waals surface area contributed by atoms with Gasteiger partial charge in [-0.25, -0.2) is 0 Å². The Labute approximate surface area is 251 Å². The predicted molar refractivity (Wildman–Crippen MR) is 169 cm³/mol. The molecule has 1 aliphatic rings. The van der Waals surface area contributed by atoms with E-state index in [0.29, 0.717) is 18.0 Å². The summed E-state index contributed by atoms with van der Waals surface area (Å²) in [6.07, 6.45) is 4.94. The van der Waals surface area contributed by atoms with Crippen molar-refractivity contribution in [2.45, 2.75) is 97.2 Å². The Morgan fingerprint density at radius 2 is 1.60 bits per heavy atom. The zero-order chi connectivity index (χ0) is 30.9. The molecule has 6 heteroatoms. The molecule has 0 aromatic heterocycles. The van der Waals surface area contributed by atoms with E-state index in [2.05, 4.69) is 71.6 Å². The zero-order valence-corrected chi connectivity index (χ0v) is 26.2. The fourth-order valence-electron chi connectivity index (χ4n) is 5.62. The monoisotopic (exact) mass is 573 g/mol. The topological polar surface area (TPSA) is 81.7 Å². The van der Waals surface area contributed by atoms with Crippen LogP contribution in [0.2, 0.25) is 0 Å². The number of carbonyl (C=O) groups is 3. The third-order valence-electron chi connectivity index (χ3n) is 7.73. The second-order valence-electron chi connectivity index (χ2n) is 12.4. The molecule has 3 aromatic carbocycles. The Balaban J connectivity index is 0.000000295. The second-order valence-corrected chi connectivity index (χ2v) is 12.4. The first kappa shape index (κ1) is 33.0. The molecular weight excluding hydrogens is 526 g/mol. The molecule has 42 heavy (non-hydrogen) atoms. The summed E-state index contributed by atoms with van der Waals surface area (Å²) in [5, 5.41) is 6.55. The number of ether oxygens (including phenoxy) is 2. The van der Waals surface area contributed by atoms with Gasteiger partial charge in [-0.2, -0.15) is 0 Å². The van der Waals surface area contributed by atoms with E-state index in [1.807, 2.05) is 12.1 Å². The Kier molecular flexibility index (Phi) is 11.9. The minimum Gasteiger partial charge on any atom is -0.469 e. The molecule has 0 spiro atoms. The molecule has 226 valence electrons. The predicted octanol–water partition coefficient (Wildman–Crippen LogP) is 7.95. The van der Waals surface area contributed by atoms with Crippen LogP contribution >= 0.6 is 0 Å². The van der Waals surface area contributed by atoms with Gasteiger partial charge in [-0.05, 0) is 81.7 Å². The number of Topliss-reactive ketones (excluding diaryl/α,β-unsaturated/α-hetero) is 1. The summed E-state index contributed by atoms with van der Waals surface area (Å²) in [6.45, 7) is 10.9. The third kappa shape index (κ3) is 9.80. The summed E-state index contributed by atoms with van der Waals surface area (Å²) in [4.78, 5) is 33.8. The van der Waals surface area contributed by atoms with Crippen molar-refractivity contribution in [2.75, 3.05) is 7.11 Å². The van der Waals surface area contributed by atoms with Crippen LogP contribution in [-0.4, -0.2) is 36.5 Å². The average molecular weight is 574 g/mol. The Morgan fingerprint density at radius 3 is 2.24 bits per heavy atom. The number of nitrogens with one attached hydrogen (secondary N) is 1. The van der Waals surface area contributed by atoms with Gasteiger partial charge in [0.15, 0.2) is 5.78 Å². The third-order valence-corrected chi connectivity index (χ3v) is 7.73. The normalized spacial score (nSPS) is 18.3. The highest BCUT2D eigenvalue weighted by atomic mass is 16.6. The number of methoxy groups -OCH3 is 1. The van der Waals surface area contributed by atoms with E-state index in [4.69, 9.17) is 4.74 Å². The molecule has 1 N–H and O–H groups in total. The van der Waals surface area contributed by atoms with Crippen LogP contribution in [0.1, 0.15) is 107 Å². The van der Waals surface area contributed by atoms with Gasteiger partial charge in [0.25, 0.3) is 0 Å². The van der Waals surface area contributed by atoms with Gasteiger partial charge in [-0.15, -0.1) is 0 Å². The number of rotatable bonds is 8. The number of fused-ring (bicyclic) bond motifs is 1. The Hall–Kier alpha value is -3.51. The van der Waals surface area contributed by atoms with Gasteiger partial charge >= 0.3 is 11.9 Å². The smallest absolute Gasteiger partial charge is 0.308 e. The van der Waals surface area contributed by atoms with E-state index in [9.17, 15) is 14.4 Å². The molecule has 0 amide bonds. The van der Waals surface area contributed by atoms with Gasteiger partial charge in [-0.3, -0.25) is 14.4 Å². The van der Waals surface area contributed by atoms with Crippen LogP contribution in [0.15, 0.2) is 66.7 Å². The first-order valence-corrected chi connectivity index (χ1v) is 15.0. The second kappa shape index (κ2) is 15.1. The van der Waals surface area contributed by atoms with E-state index in [1.165, 1.54) is 48.3 Å². The van der Waals surface area contributed by atoms with E-state index in [1.54, 1.807) is 34.6 Å². The van der Waals surface area contributed by atoms with E-state index in [-0.39, 0.29) is 18.2 Å². The van der Waals surface area contributed by atoms with Gasteiger partial charge in [0.2, 0.25) is 0 Å². The Bertz CT molecular complexity index is 1340. The van der Waals surface area contributed by atoms with Crippen LogP contribution in [0.3, 0.4) is 0 Å². The molecule has 0 saturated heterocycles. The average Bonchev–Trinajstić information content (AvgIpc) is 2.95. The van der Waals surface area contributed by atoms with Gasteiger partial charge < -0.3 is 14.8 Å². The molecule has 1 saturated carbocycles. The summed E-state index contributed by atoms with van der Waals surface area (Å²) < 4.78 is 9.55. The molecule has 0 heterocycles. The SMILES string of the molecule is CC(=O)c1ccc([C@H]2CCCC(NC(C)c3cccc4ccccc34)C2)cc1.COC(=O)C(C)CC(=O)OC(C)(C)C. The fraction of sp³-hybridized carbons (Fsp3) is 0.472. The fourth-order valence-corrected chi connectivity index (χ4v) is 5.62. The quantitative estimate of drug-likeness (QED) is 0.218. The summed E-state index contributed by atoms with van der Waals surface area (Å²) in [5.41, 5.74) is 3.05. The van der Waals surface area contributed by atoms with Crippen molar-refractivity contribution in [3.05, 3.63) is 83.4 Å². The molecule has 0 bridgehead atoms. The number of benzene rings is 3. The molecule has 3 unspecified atom stereocenters. The highest BCUT2D eigenvalue weighted by Crippen LogP contribution is 2.34. The lowest BCUT2D eigenvalue weighted by atomic mass is 9.80. The molecule has 3 aromatic rings. The Morgan fingerprint density at radius 1 is 0.929 bits per heavy atom. The number of esters is 2. The molecule has 0 radical (unpaired) electrons. The number of ketones is 1. The molecule has 6 nitrogen and oxygen atoms in total. The lowest BCUT2D eigenvalue weighted by molar-refractivity contribution is -0.160. The van der Waals surface area contributed by atoms with Crippen molar-refractivity contribution in [3.63, 3.8) is 0 Å². The van der Waals surface area contributed by atoms with Crippen molar-refractivity contribution in [1.82, 2.24) is 5.32 Å². The molecular formula is C36H47NO5. The van der Waals surface area contributed by atoms with Gasteiger partial charge in [-0.1, -0.05) is 80.1 Å². The first-order valence-electron chi connectivity index (χ1n) is 15.0. The van der Waals surface area contributed by atoms with Crippen LogP contribution in [0.4, 0.5) is 0 Å². The maximum atomic E-state index is 11.5. The maximum Gasteiger partial charge on any atom is 0.308 e. The molecule has 0 aliphatic heterocycles. The molecule has 1 fully saturated rings. The highest BCUT2D eigenvalue weighted by molar-refractivity contribution is 5.94. The summed E-state index contributed by atoms with van der Waals surface area (Å²) >= 11 is 0. The van der Waals surface area contributed by atoms with E-state index < -0.39 is 17.5 Å². The van der Waals surface area contributed by atoms with Crippen LogP contribution in [-0.2, 0) is 19.1 Å². The summed E-state index contributed by atoms with van der Waals surface area (Å²) in [5.74, 6) is -0.508. The van der Waals surface area contributed by atoms with Crippen molar-refractivity contribution in [1.29, 1.82) is 0 Å². The maximum absolute atomic E-state index is 11.5. The van der Waals surface area contributed by atoms with Gasteiger partial charge in [0.05, 0.1) is 19.4 Å². The number of hydrogen-bond acceptors (Lipinski definition) is 6. The van der Waals surface area contributed by atoms with Crippen LogP contribution in [0.5, 0.6) is 0 Å². The first-order chi connectivity index (χ1) is 19.9. The molecule has 4 rings (SSSR count). The highest BCUT2D eigenvalue weighted by Gasteiger charge is 2.25. The van der Waals surface area contributed by atoms with Gasteiger partial charge in [0.1, 0.15) is 5.60 Å². The minimum atomic E-state index is -0.507. The summed E-state index contributed by atoms with van der Waals surface area (Å²) in [7, 11) is 1.30. The number of hydrogen-bond donors (Lipinski definition) is 1. The summed E-state index contributed by atoms with van der Waals surface area (Å²) in [6, 6.07) is 24.4. The van der Waals surface area contributed by atoms with Crippen molar-refractivity contribution >= 4 is 28.5 Å². The lowest BCUT2D eigenvalue weighted by Crippen LogP contribution is -2.35.